The summed E-state index contributed by atoms with van der Waals surface area (Å²) in [5.41, 5.74) is 2.28. The number of hydrogen-bond acceptors (Lipinski definition) is 5. The Hall–Kier alpha value is -3.33. The first-order valence-corrected chi connectivity index (χ1v) is 9.50. The van der Waals surface area contributed by atoms with Crippen molar-refractivity contribution in [2.24, 2.45) is 0 Å². The highest BCUT2D eigenvalue weighted by atomic mass is 79.9. The van der Waals surface area contributed by atoms with Crippen LogP contribution < -0.4 is 20.1 Å². The van der Waals surface area contributed by atoms with E-state index in [4.69, 9.17) is 9.47 Å². The topological polar surface area (TPSA) is 97.0 Å². The number of anilines is 1. The van der Waals surface area contributed by atoms with Crippen LogP contribution in [0, 0.1) is 6.92 Å². The molecule has 29 heavy (non-hydrogen) atoms. The molecule has 1 saturated heterocycles. The zero-order chi connectivity index (χ0) is 20.5. The van der Waals surface area contributed by atoms with Gasteiger partial charge in [-0.25, -0.2) is 9.69 Å². The number of nitrogens with one attached hydrogen (secondary N) is 2. The molecular weight excluding hydrogens is 442 g/mol. The van der Waals surface area contributed by atoms with E-state index < -0.39 is 24.4 Å². The summed E-state index contributed by atoms with van der Waals surface area (Å²) in [7, 11) is 0. The van der Waals surface area contributed by atoms with Gasteiger partial charge >= 0.3 is 6.03 Å². The Morgan fingerprint density at radius 1 is 1.24 bits per heavy atom. The van der Waals surface area contributed by atoms with Gasteiger partial charge in [-0.1, -0.05) is 28.1 Å². The maximum absolute atomic E-state index is 12.6. The Labute approximate surface area is 174 Å². The van der Waals surface area contributed by atoms with Gasteiger partial charge in [-0.15, -0.1) is 0 Å². The van der Waals surface area contributed by atoms with Gasteiger partial charge in [0.25, 0.3) is 5.91 Å². The lowest BCUT2D eigenvalue weighted by atomic mass is 10.1. The van der Waals surface area contributed by atoms with E-state index in [1.165, 1.54) is 6.08 Å². The van der Waals surface area contributed by atoms with Crippen molar-refractivity contribution in [1.82, 2.24) is 10.2 Å². The number of carbonyl (C=O) groups excluding carboxylic acids is 3. The van der Waals surface area contributed by atoms with E-state index in [0.29, 0.717) is 27.2 Å². The standard InChI is InChI=1S/C20H16BrN3O5/c1-11-3-2-4-13(5-11)22-18(25)9-24-19(26)15(23-20(24)27)6-12-7-16-17(8-14(12)21)29-10-28-16/h2-8H,9-10H2,1H3,(H,22,25)(H,23,27)/b15-6-. The molecule has 4 rings (SSSR count). The van der Waals surface area contributed by atoms with Crippen molar-refractivity contribution in [1.29, 1.82) is 0 Å². The third-order valence-electron chi connectivity index (χ3n) is 4.36. The summed E-state index contributed by atoms with van der Waals surface area (Å²) >= 11 is 3.41. The van der Waals surface area contributed by atoms with Gasteiger partial charge in [0.2, 0.25) is 12.7 Å². The van der Waals surface area contributed by atoms with Crippen LogP contribution in [0.25, 0.3) is 6.08 Å². The van der Waals surface area contributed by atoms with E-state index in [0.717, 1.165) is 10.5 Å². The van der Waals surface area contributed by atoms with Gasteiger partial charge in [0.15, 0.2) is 11.5 Å². The average molecular weight is 458 g/mol. The summed E-state index contributed by atoms with van der Waals surface area (Å²) in [4.78, 5) is 38.0. The van der Waals surface area contributed by atoms with Crippen LogP contribution in [0.15, 0.2) is 46.6 Å². The number of benzene rings is 2. The quantitative estimate of drug-likeness (QED) is 0.543. The predicted octanol–water partition coefficient (Wildman–Crippen LogP) is 3.02. The molecule has 0 spiro atoms. The average Bonchev–Trinajstić information content (AvgIpc) is 3.21. The Bertz CT molecular complexity index is 1070. The van der Waals surface area contributed by atoms with Crippen LogP contribution in [0.1, 0.15) is 11.1 Å². The molecule has 2 aromatic rings. The molecule has 0 aromatic heterocycles. The molecule has 0 aliphatic carbocycles. The molecular formula is C20H16BrN3O5. The third-order valence-corrected chi connectivity index (χ3v) is 5.04. The van der Waals surface area contributed by atoms with Crippen LogP contribution in [0.5, 0.6) is 11.5 Å². The summed E-state index contributed by atoms with van der Waals surface area (Å²) in [5.74, 6) is 0.0880. The normalized spacial score (nSPS) is 16.3. The summed E-state index contributed by atoms with van der Waals surface area (Å²) in [5, 5.41) is 5.18. The number of hydrogen-bond donors (Lipinski definition) is 2. The van der Waals surface area contributed by atoms with Gasteiger partial charge in [0.05, 0.1) is 0 Å². The maximum Gasteiger partial charge on any atom is 0.329 e. The minimum atomic E-state index is -0.655. The minimum Gasteiger partial charge on any atom is -0.454 e. The fourth-order valence-electron chi connectivity index (χ4n) is 2.98. The van der Waals surface area contributed by atoms with Crippen molar-refractivity contribution in [3.05, 3.63) is 57.7 Å². The molecule has 0 atom stereocenters. The zero-order valence-electron chi connectivity index (χ0n) is 15.3. The fourth-order valence-corrected chi connectivity index (χ4v) is 3.42. The van der Waals surface area contributed by atoms with Crippen molar-refractivity contribution >= 4 is 45.5 Å². The molecule has 2 heterocycles. The first-order valence-electron chi connectivity index (χ1n) is 8.71. The lowest BCUT2D eigenvalue weighted by molar-refractivity contribution is -0.127. The van der Waals surface area contributed by atoms with E-state index in [9.17, 15) is 14.4 Å². The van der Waals surface area contributed by atoms with Crippen LogP contribution in [0.3, 0.4) is 0 Å². The number of fused-ring (bicyclic) bond motifs is 1. The molecule has 0 saturated carbocycles. The van der Waals surface area contributed by atoms with Gasteiger partial charge in [-0.3, -0.25) is 9.59 Å². The van der Waals surface area contributed by atoms with E-state index in [-0.39, 0.29) is 12.5 Å². The molecule has 9 heteroatoms. The van der Waals surface area contributed by atoms with Crippen molar-refractivity contribution < 1.29 is 23.9 Å². The number of amides is 4. The third kappa shape index (κ3) is 3.95. The lowest BCUT2D eigenvalue weighted by Gasteiger charge is -2.12. The van der Waals surface area contributed by atoms with Crippen LogP contribution in [-0.2, 0) is 9.59 Å². The molecule has 0 radical (unpaired) electrons. The van der Waals surface area contributed by atoms with E-state index in [2.05, 4.69) is 26.6 Å². The van der Waals surface area contributed by atoms with Gasteiger partial charge in [-0.2, -0.15) is 0 Å². The number of halogens is 1. The largest absolute Gasteiger partial charge is 0.454 e. The summed E-state index contributed by atoms with van der Waals surface area (Å²) in [6, 6.07) is 10.0. The number of urea groups is 1. The minimum absolute atomic E-state index is 0.0675. The Balaban J connectivity index is 1.49. The first kappa shape index (κ1) is 19.0. The maximum atomic E-state index is 12.6. The van der Waals surface area contributed by atoms with Gasteiger partial charge in [0.1, 0.15) is 12.2 Å². The number of ether oxygens (including phenoxy) is 2. The molecule has 0 bridgehead atoms. The Morgan fingerprint density at radius 3 is 2.76 bits per heavy atom. The van der Waals surface area contributed by atoms with Gasteiger partial charge in [-0.05, 0) is 48.4 Å². The molecule has 8 nitrogen and oxygen atoms in total. The van der Waals surface area contributed by atoms with Crippen LogP contribution >= 0.6 is 15.9 Å². The molecule has 2 aromatic carbocycles. The molecule has 0 unspecified atom stereocenters. The highest BCUT2D eigenvalue weighted by Gasteiger charge is 2.35. The molecule has 2 aliphatic rings. The number of rotatable bonds is 4. The van der Waals surface area contributed by atoms with Gasteiger partial charge < -0.3 is 20.1 Å². The summed E-state index contributed by atoms with van der Waals surface area (Å²) < 4.78 is 11.3. The van der Waals surface area contributed by atoms with Crippen LogP contribution in [0.2, 0.25) is 0 Å². The summed E-state index contributed by atoms with van der Waals surface area (Å²) in [6.45, 7) is 1.64. The van der Waals surface area contributed by atoms with E-state index in [1.807, 2.05) is 19.1 Å². The monoisotopic (exact) mass is 457 g/mol. The number of nitrogens with zero attached hydrogens (tertiary/aromatic N) is 1. The second-order valence-corrected chi connectivity index (χ2v) is 7.38. The van der Waals surface area contributed by atoms with Crippen molar-refractivity contribution in [2.75, 3.05) is 18.7 Å². The molecule has 148 valence electrons. The number of aryl methyl sites for hydroxylation is 1. The van der Waals surface area contributed by atoms with E-state index >= 15 is 0 Å². The summed E-state index contributed by atoms with van der Waals surface area (Å²) in [6.07, 6.45) is 1.52. The Morgan fingerprint density at radius 2 is 2.00 bits per heavy atom. The lowest BCUT2D eigenvalue weighted by Crippen LogP contribution is -2.38. The van der Waals surface area contributed by atoms with Crippen molar-refractivity contribution in [3.63, 3.8) is 0 Å². The second-order valence-electron chi connectivity index (χ2n) is 6.52. The molecule has 1 fully saturated rings. The second kappa shape index (κ2) is 7.59. The number of imide groups is 1. The van der Waals surface area contributed by atoms with Crippen LogP contribution in [-0.4, -0.2) is 36.1 Å². The van der Waals surface area contributed by atoms with Crippen LogP contribution in [0.4, 0.5) is 10.5 Å². The van der Waals surface area contributed by atoms with Gasteiger partial charge in [0, 0.05) is 10.2 Å². The highest BCUT2D eigenvalue weighted by Crippen LogP contribution is 2.37. The fraction of sp³-hybridized carbons (Fsp3) is 0.150. The zero-order valence-corrected chi connectivity index (χ0v) is 16.9. The Kier molecular flexibility index (Phi) is 4.98. The molecule has 2 N–H and O–H groups in total. The van der Waals surface area contributed by atoms with Crippen molar-refractivity contribution in [2.45, 2.75) is 6.92 Å². The smallest absolute Gasteiger partial charge is 0.329 e. The first-order chi connectivity index (χ1) is 13.9. The SMILES string of the molecule is Cc1cccc(NC(=O)CN2C(=O)N/C(=C\c3cc4c(cc3Br)OCO4)C2=O)c1. The molecule has 4 amide bonds. The number of carbonyl (C=O) groups is 3. The van der Waals surface area contributed by atoms with Crippen molar-refractivity contribution in [3.8, 4) is 11.5 Å². The highest BCUT2D eigenvalue weighted by molar-refractivity contribution is 9.10. The molecule has 2 aliphatic heterocycles. The van der Waals surface area contributed by atoms with E-state index in [1.54, 1.807) is 24.3 Å². The predicted molar refractivity (Wildman–Crippen MR) is 108 cm³/mol.